The van der Waals surface area contributed by atoms with Crippen molar-refractivity contribution in [2.24, 2.45) is 5.92 Å². The number of carboxylic acid groups (broad SMARTS) is 1. The van der Waals surface area contributed by atoms with Gasteiger partial charge in [-0.3, -0.25) is 4.79 Å². The second-order valence-electron chi connectivity index (χ2n) is 4.25. The minimum atomic E-state index is -0.805. The van der Waals surface area contributed by atoms with Crippen LogP contribution in [0.2, 0.25) is 0 Å². The van der Waals surface area contributed by atoms with Crippen LogP contribution >= 0.6 is 11.3 Å². The SMILES string of the molecule is CC(CC(=O)O)Cc1nnc(Cc2cccs2)o1. The molecular weight excluding hydrogens is 252 g/mol. The van der Waals surface area contributed by atoms with E-state index < -0.39 is 5.97 Å². The molecule has 0 amide bonds. The fourth-order valence-corrected chi connectivity index (χ4v) is 2.37. The highest BCUT2D eigenvalue weighted by Crippen LogP contribution is 2.16. The molecule has 0 bridgehead atoms. The summed E-state index contributed by atoms with van der Waals surface area (Å²) >= 11 is 1.64. The summed E-state index contributed by atoms with van der Waals surface area (Å²) in [6.45, 7) is 1.86. The van der Waals surface area contributed by atoms with E-state index in [0.717, 1.165) is 0 Å². The summed E-state index contributed by atoms with van der Waals surface area (Å²) in [6, 6.07) is 3.99. The van der Waals surface area contributed by atoms with Crippen LogP contribution in [0, 0.1) is 5.92 Å². The molecule has 2 heterocycles. The Bertz CT molecular complexity index is 507. The molecule has 0 saturated carbocycles. The predicted octanol–water partition coefficient (Wildman–Crippen LogP) is 2.38. The van der Waals surface area contributed by atoms with Gasteiger partial charge in [-0.05, 0) is 17.4 Å². The van der Waals surface area contributed by atoms with E-state index in [0.29, 0.717) is 24.6 Å². The first-order valence-electron chi connectivity index (χ1n) is 5.69. The van der Waals surface area contributed by atoms with Gasteiger partial charge in [0, 0.05) is 17.7 Å². The highest BCUT2D eigenvalue weighted by atomic mass is 32.1. The van der Waals surface area contributed by atoms with Gasteiger partial charge in [-0.2, -0.15) is 0 Å². The Hall–Kier alpha value is -1.69. The van der Waals surface area contributed by atoms with Crippen LogP contribution in [0.1, 0.15) is 30.0 Å². The fourth-order valence-electron chi connectivity index (χ4n) is 1.67. The first kappa shape index (κ1) is 12.8. The second kappa shape index (κ2) is 5.77. The largest absolute Gasteiger partial charge is 0.481 e. The van der Waals surface area contributed by atoms with Gasteiger partial charge in [-0.15, -0.1) is 21.5 Å². The summed E-state index contributed by atoms with van der Waals surface area (Å²) in [5, 5.41) is 18.6. The second-order valence-corrected chi connectivity index (χ2v) is 5.29. The molecule has 5 nitrogen and oxygen atoms in total. The van der Waals surface area contributed by atoms with E-state index in [1.54, 1.807) is 11.3 Å². The van der Waals surface area contributed by atoms with Gasteiger partial charge >= 0.3 is 5.97 Å². The zero-order valence-corrected chi connectivity index (χ0v) is 10.8. The molecular formula is C12H14N2O3S. The quantitative estimate of drug-likeness (QED) is 0.868. The number of carbonyl (C=O) groups is 1. The molecule has 2 rings (SSSR count). The minimum Gasteiger partial charge on any atom is -0.481 e. The lowest BCUT2D eigenvalue weighted by Gasteiger charge is -2.03. The van der Waals surface area contributed by atoms with Crippen LogP contribution in [-0.4, -0.2) is 21.3 Å². The molecule has 6 heteroatoms. The molecule has 0 saturated heterocycles. The van der Waals surface area contributed by atoms with Crippen molar-refractivity contribution in [3.8, 4) is 0 Å². The molecule has 0 spiro atoms. The van der Waals surface area contributed by atoms with Crippen LogP contribution in [0.4, 0.5) is 0 Å². The average Bonchev–Trinajstić information content (AvgIpc) is 2.89. The normalized spacial score (nSPS) is 12.5. The first-order valence-corrected chi connectivity index (χ1v) is 6.57. The van der Waals surface area contributed by atoms with Gasteiger partial charge in [-0.25, -0.2) is 0 Å². The van der Waals surface area contributed by atoms with Crippen LogP contribution in [0.5, 0.6) is 0 Å². The van der Waals surface area contributed by atoms with E-state index >= 15 is 0 Å². The van der Waals surface area contributed by atoms with E-state index in [-0.39, 0.29) is 12.3 Å². The van der Waals surface area contributed by atoms with E-state index in [1.165, 1.54) is 4.88 Å². The van der Waals surface area contributed by atoms with Gasteiger partial charge in [0.05, 0.1) is 6.42 Å². The highest BCUT2D eigenvalue weighted by molar-refractivity contribution is 7.09. The van der Waals surface area contributed by atoms with Crippen molar-refractivity contribution in [1.82, 2.24) is 10.2 Å². The van der Waals surface area contributed by atoms with Gasteiger partial charge in [0.2, 0.25) is 11.8 Å². The third-order valence-corrected chi connectivity index (χ3v) is 3.34. The maximum atomic E-state index is 10.6. The maximum absolute atomic E-state index is 10.6. The molecule has 0 radical (unpaired) electrons. The summed E-state index contributed by atoms with van der Waals surface area (Å²) < 4.78 is 5.50. The third-order valence-electron chi connectivity index (χ3n) is 2.46. The lowest BCUT2D eigenvalue weighted by Crippen LogP contribution is -2.07. The molecule has 96 valence electrons. The molecule has 1 atom stereocenters. The van der Waals surface area contributed by atoms with Crippen LogP contribution in [0.15, 0.2) is 21.9 Å². The Morgan fingerprint density at radius 3 is 2.94 bits per heavy atom. The van der Waals surface area contributed by atoms with Crippen LogP contribution in [-0.2, 0) is 17.6 Å². The Labute approximate surface area is 108 Å². The lowest BCUT2D eigenvalue weighted by molar-refractivity contribution is -0.137. The number of nitrogens with zero attached hydrogens (tertiary/aromatic N) is 2. The van der Waals surface area contributed by atoms with Crippen molar-refractivity contribution in [1.29, 1.82) is 0 Å². The predicted molar refractivity (Wildman–Crippen MR) is 66.5 cm³/mol. The molecule has 0 fully saturated rings. The molecule has 1 N–H and O–H groups in total. The summed E-state index contributed by atoms with van der Waals surface area (Å²) in [7, 11) is 0. The topological polar surface area (TPSA) is 76.2 Å². The molecule has 1 unspecified atom stereocenters. The zero-order chi connectivity index (χ0) is 13.0. The molecule has 0 aliphatic heterocycles. The number of aromatic nitrogens is 2. The number of thiophene rings is 1. The minimum absolute atomic E-state index is 0.00228. The smallest absolute Gasteiger partial charge is 0.303 e. The van der Waals surface area contributed by atoms with Gasteiger partial charge in [0.1, 0.15) is 0 Å². The van der Waals surface area contributed by atoms with Crippen molar-refractivity contribution in [3.63, 3.8) is 0 Å². The molecule has 0 aliphatic carbocycles. The van der Waals surface area contributed by atoms with Crippen LogP contribution < -0.4 is 0 Å². The standard InChI is InChI=1S/C12H14N2O3S/c1-8(6-12(15)16)5-10-13-14-11(17-10)7-9-3-2-4-18-9/h2-4,8H,5-7H2,1H3,(H,15,16). The van der Waals surface area contributed by atoms with Crippen molar-refractivity contribution in [2.75, 3.05) is 0 Å². The summed E-state index contributed by atoms with van der Waals surface area (Å²) in [6.07, 6.45) is 1.25. The lowest BCUT2D eigenvalue weighted by atomic mass is 10.0. The van der Waals surface area contributed by atoms with Gasteiger partial charge < -0.3 is 9.52 Å². The van der Waals surface area contributed by atoms with Crippen molar-refractivity contribution in [3.05, 3.63) is 34.2 Å². The Kier molecular flexibility index (Phi) is 4.09. The Balaban J connectivity index is 1.91. The highest BCUT2D eigenvalue weighted by Gasteiger charge is 2.13. The summed E-state index contributed by atoms with van der Waals surface area (Å²) in [4.78, 5) is 11.7. The number of carboxylic acids is 1. The van der Waals surface area contributed by atoms with Crippen LogP contribution in [0.25, 0.3) is 0 Å². The molecule has 0 aliphatic rings. The fraction of sp³-hybridized carbons (Fsp3) is 0.417. The number of rotatable bonds is 6. The Morgan fingerprint density at radius 2 is 2.28 bits per heavy atom. The van der Waals surface area contributed by atoms with Crippen molar-refractivity contribution in [2.45, 2.75) is 26.2 Å². The Morgan fingerprint density at radius 1 is 1.50 bits per heavy atom. The van der Waals surface area contributed by atoms with E-state index in [9.17, 15) is 4.79 Å². The van der Waals surface area contributed by atoms with Crippen molar-refractivity contribution < 1.29 is 14.3 Å². The molecule has 2 aromatic heterocycles. The van der Waals surface area contributed by atoms with E-state index in [1.807, 2.05) is 24.4 Å². The summed E-state index contributed by atoms with van der Waals surface area (Å²) in [5.74, 6) is 0.281. The van der Waals surface area contributed by atoms with Crippen molar-refractivity contribution >= 4 is 17.3 Å². The van der Waals surface area contributed by atoms with Crippen LogP contribution in [0.3, 0.4) is 0 Å². The first-order chi connectivity index (χ1) is 8.63. The monoisotopic (exact) mass is 266 g/mol. The molecule has 2 aromatic rings. The molecule has 18 heavy (non-hydrogen) atoms. The van der Waals surface area contributed by atoms with E-state index in [4.69, 9.17) is 9.52 Å². The number of aliphatic carboxylic acids is 1. The number of hydrogen-bond donors (Lipinski definition) is 1. The van der Waals surface area contributed by atoms with Gasteiger partial charge in [0.15, 0.2) is 0 Å². The maximum Gasteiger partial charge on any atom is 0.303 e. The van der Waals surface area contributed by atoms with Gasteiger partial charge in [0.25, 0.3) is 0 Å². The van der Waals surface area contributed by atoms with E-state index in [2.05, 4.69) is 10.2 Å². The third kappa shape index (κ3) is 3.66. The average molecular weight is 266 g/mol. The molecule has 0 aromatic carbocycles. The number of hydrogen-bond acceptors (Lipinski definition) is 5. The zero-order valence-electron chi connectivity index (χ0n) is 10.00. The summed E-state index contributed by atoms with van der Waals surface area (Å²) in [5.41, 5.74) is 0. The van der Waals surface area contributed by atoms with Gasteiger partial charge in [-0.1, -0.05) is 13.0 Å².